The molecule has 1 N–H and O–H groups in total. The molecular weight excluding hydrogens is 240 g/mol. The van der Waals surface area contributed by atoms with Crippen LogP contribution in [0.1, 0.15) is 47.5 Å². The minimum atomic E-state index is -0.206. The maximum Gasteiger partial charge on any atom is 0.324 e. The van der Waals surface area contributed by atoms with Gasteiger partial charge in [0, 0.05) is 18.6 Å². The van der Waals surface area contributed by atoms with Crippen molar-refractivity contribution in [2.24, 2.45) is 5.41 Å². The average molecular weight is 270 g/mol. The van der Waals surface area contributed by atoms with Gasteiger partial charge in [-0.15, -0.1) is 0 Å². The van der Waals surface area contributed by atoms with E-state index in [4.69, 9.17) is 4.74 Å². The Morgan fingerprint density at radius 2 is 2.00 bits per heavy atom. The normalized spacial score (nSPS) is 19.3. The lowest BCUT2D eigenvalue weighted by Crippen LogP contribution is -2.51. The molecule has 0 amide bonds. The molecule has 19 heavy (non-hydrogen) atoms. The number of carbonyl (C=O) groups is 1. The van der Waals surface area contributed by atoms with Crippen molar-refractivity contribution >= 4 is 5.97 Å². The van der Waals surface area contributed by atoms with Gasteiger partial charge in [0.2, 0.25) is 0 Å². The van der Waals surface area contributed by atoms with E-state index in [1.165, 1.54) is 12.8 Å². The van der Waals surface area contributed by atoms with E-state index in [1.807, 2.05) is 6.92 Å². The van der Waals surface area contributed by atoms with Crippen LogP contribution in [0.3, 0.4) is 0 Å². The number of esters is 1. The number of carbonyl (C=O) groups excluding carboxylic acids is 1. The van der Waals surface area contributed by atoms with Gasteiger partial charge in [0.25, 0.3) is 0 Å². The maximum absolute atomic E-state index is 12.0. The molecule has 112 valence electrons. The molecule has 4 heteroatoms. The summed E-state index contributed by atoms with van der Waals surface area (Å²) in [5.41, 5.74) is 0.202. The van der Waals surface area contributed by atoms with Crippen LogP contribution >= 0.6 is 0 Å². The first kappa shape index (κ1) is 16.4. The second-order valence-electron chi connectivity index (χ2n) is 6.73. The number of rotatable bonds is 7. The second-order valence-corrected chi connectivity index (χ2v) is 6.73. The van der Waals surface area contributed by atoms with Crippen LogP contribution in [-0.2, 0) is 9.53 Å². The highest BCUT2D eigenvalue weighted by atomic mass is 16.5. The van der Waals surface area contributed by atoms with Gasteiger partial charge in [0.05, 0.1) is 6.61 Å². The third-order valence-electron chi connectivity index (χ3n) is 3.97. The zero-order valence-corrected chi connectivity index (χ0v) is 13.3. The van der Waals surface area contributed by atoms with Crippen molar-refractivity contribution in [3.63, 3.8) is 0 Å². The molecule has 0 heterocycles. The third kappa shape index (κ3) is 5.49. The first-order valence-corrected chi connectivity index (χ1v) is 7.38. The molecule has 1 aliphatic carbocycles. The summed E-state index contributed by atoms with van der Waals surface area (Å²) in [6.07, 6.45) is 2.35. The Hall–Kier alpha value is -0.610. The summed E-state index contributed by atoms with van der Waals surface area (Å²) in [4.78, 5) is 14.2. The highest BCUT2D eigenvalue weighted by Crippen LogP contribution is 2.24. The highest BCUT2D eigenvalue weighted by Gasteiger charge is 2.32. The van der Waals surface area contributed by atoms with Crippen LogP contribution in [0.15, 0.2) is 0 Å². The molecule has 1 rings (SSSR count). The Balaban J connectivity index is 2.57. The van der Waals surface area contributed by atoms with Gasteiger partial charge in [0.15, 0.2) is 0 Å². The highest BCUT2D eigenvalue weighted by molar-refractivity contribution is 5.76. The van der Waals surface area contributed by atoms with Crippen molar-refractivity contribution in [1.29, 1.82) is 0 Å². The molecule has 0 bridgehead atoms. The molecule has 2 unspecified atom stereocenters. The van der Waals surface area contributed by atoms with Crippen molar-refractivity contribution in [2.75, 3.05) is 20.2 Å². The van der Waals surface area contributed by atoms with Crippen molar-refractivity contribution in [3.05, 3.63) is 0 Å². The van der Waals surface area contributed by atoms with E-state index in [1.54, 1.807) is 0 Å². The predicted molar refractivity (Wildman–Crippen MR) is 78.1 cm³/mol. The lowest BCUT2D eigenvalue weighted by molar-refractivity contribution is -0.146. The first-order chi connectivity index (χ1) is 8.75. The molecule has 1 aliphatic rings. The van der Waals surface area contributed by atoms with Crippen LogP contribution in [0.2, 0.25) is 0 Å². The molecule has 0 aromatic heterocycles. The minimum absolute atomic E-state index is 0.123. The molecule has 0 radical (unpaired) electrons. The molecule has 1 saturated carbocycles. The smallest absolute Gasteiger partial charge is 0.324 e. The molecule has 0 saturated heterocycles. The van der Waals surface area contributed by atoms with Crippen LogP contribution in [0, 0.1) is 5.41 Å². The standard InChI is InChI=1S/C15H30N2O2/c1-7-19-14(18)13(16-12-8-9-12)10-17(6)11(2)15(3,4)5/h11-13,16H,7-10H2,1-6H3. The maximum atomic E-state index is 12.0. The van der Waals surface area contributed by atoms with E-state index >= 15 is 0 Å². The van der Waals surface area contributed by atoms with E-state index < -0.39 is 0 Å². The largest absolute Gasteiger partial charge is 0.465 e. The molecule has 0 aliphatic heterocycles. The molecule has 0 spiro atoms. The fourth-order valence-corrected chi connectivity index (χ4v) is 2.08. The quantitative estimate of drug-likeness (QED) is 0.719. The van der Waals surface area contributed by atoms with Crippen LogP contribution in [0.25, 0.3) is 0 Å². The number of nitrogens with zero attached hydrogens (tertiary/aromatic N) is 1. The van der Waals surface area contributed by atoms with E-state index in [0.29, 0.717) is 25.2 Å². The lowest BCUT2D eigenvalue weighted by atomic mass is 9.87. The fraction of sp³-hybridized carbons (Fsp3) is 0.933. The Kier molecular flexibility index (Phi) is 5.81. The zero-order chi connectivity index (χ0) is 14.6. The molecule has 2 atom stereocenters. The number of likely N-dealkylation sites (N-methyl/N-ethyl adjacent to an activating group) is 1. The van der Waals surface area contributed by atoms with Crippen LogP contribution in [0.4, 0.5) is 0 Å². The van der Waals surface area contributed by atoms with E-state index in [2.05, 4.69) is 45.0 Å². The number of ether oxygens (including phenoxy) is 1. The van der Waals surface area contributed by atoms with E-state index in [9.17, 15) is 4.79 Å². The lowest BCUT2D eigenvalue weighted by Gasteiger charge is -2.37. The number of hydrogen-bond acceptors (Lipinski definition) is 4. The van der Waals surface area contributed by atoms with Crippen LogP contribution in [-0.4, -0.2) is 49.2 Å². The van der Waals surface area contributed by atoms with Crippen LogP contribution in [0.5, 0.6) is 0 Å². The first-order valence-electron chi connectivity index (χ1n) is 7.38. The Bertz CT molecular complexity index is 295. The molecule has 4 nitrogen and oxygen atoms in total. The van der Waals surface area contributed by atoms with E-state index in [-0.39, 0.29) is 17.4 Å². The number of hydrogen-bond donors (Lipinski definition) is 1. The summed E-state index contributed by atoms with van der Waals surface area (Å²) in [6, 6.07) is 0.709. The molecular formula is C15H30N2O2. The van der Waals surface area contributed by atoms with Gasteiger partial charge in [-0.1, -0.05) is 20.8 Å². The van der Waals surface area contributed by atoms with Gasteiger partial charge >= 0.3 is 5.97 Å². The Labute approximate surface area is 117 Å². The summed E-state index contributed by atoms with van der Waals surface area (Å²) in [6.45, 7) is 11.9. The zero-order valence-electron chi connectivity index (χ0n) is 13.3. The Morgan fingerprint density at radius 1 is 1.42 bits per heavy atom. The van der Waals surface area contributed by atoms with Gasteiger partial charge in [-0.2, -0.15) is 0 Å². The monoisotopic (exact) mass is 270 g/mol. The van der Waals surface area contributed by atoms with Gasteiger partial charge < -0.3 is 15.0 Å². The Morgan fingerprint density at radius 3 is 2.42 bits per heavy atom. The SMILES string of the molecule is CCOC(=O)C(CN(C)C(C)C(C)(C)C)NC1CC1. The predicted octanol–water partition coefficient (Wildman–Crippen LogP) is 2.04. The molecule has 0 aromatic carbocycles. The third-order valence-corrected chi connectivity index (χ3v) is 3.97. The van der Waals surface area contributed by atoms with Crippen molar-refractivity contribution in [2.45, 2.75) is 65.6 Å². The molecule has 0 aromatic rings. The van der Waals surface area contributed by atoms with Crippen molar-refractivity contribution < 1.29 is 9.53 Å². The fourth-order valence-electron chi connectivity index (χ4n) is 2.08. The second kappa shape index (κ2) is 6.71. The van der Waals surface area contributed by atoms with Gasteiger partial charge in [-0.25, -0.2) is 0 Å². The summed E-state index contributed by atoms with van der Waals surface area (Å²) >= 11 is 0. The van der Waals surface area contributed by atoms with Gasteiger partial charge in [-0.05, 0) is 39.2 Å². The van der Waals surface area contributed by atoms with Crippen LogP contribution < -0.4 is 5.32 Å². The average Bonchev–Trinajstić information content (AvgIpc) is 3.10. The van der Waals surface area contributed by atoms with Gasteiger partial charge in [0.1, 0.15) is 6.04 Å². The van der Waals surface area contributed by atoms with Crippen molar-refractivity contribution in [3.8, 4) is 0 Å². The summed E-state index contributed by atoms with van der Waals surface area (Å²) in [5, 5.41) is 3.40. The topological polar surface area (TPSA) is 41.6 Å². The molecule has 1 fully saturated rings. The summed E-state index contributed by atoms with van der Waals surface area (Å²) < 4.78 is 5.17. The van der Waals surface area contributed by atoms with Gasteiger partial charge in [-0.3, -0.25) is 4.79 Å². The summed E-state index contributed by atoms with van der Waals surface area (Å²) in [5.74, 6) is -0.123. The number of nitrogens with one attached hydrogen (secondary N) is 1. The van der Waals surface area contributed by atoms with Crippen molar-refractivity contribution in [1.82, 2.24) is 10.2 Å². The minimum Gasteiger partial charge on any atom is -0.465 e. The summed E-state index contributed by atoms with van der Waals surface area (Å²) in [7, 11) is 2.08. The van der Waals surface area contributed by atoms with E-state index in [0.717, 1.165) is 0 Å².